The Morgan fingerprint density at radius 3 is 2.32 bits per heavy atom. The normalized spacial score (nSPS) is 14.6. The van der Waals surface area contributed by atoms with Gasteiger partial charge in [0.05, 0.1) is 25.2 Å². The Balaban J connectivity index is 1.41. The van der Waals surface area contributed by atoms with Gasteiger partial charge in [0, 0.05) is 31.7 Å². The van der Waals surface area contributed by atoms with Crippen molar-refractivity contribution < 1.29 is 32.2 Å². The van der Waals surface area contributed by atoms with Gasteiger partial charge in [0.15, 0.2) is 6.61 Å². The zero-order valence-corrected chi connectivity index (χ0v) is 24.0. The largest absolute Gasteiger partial charge is 0.496 e. The second-order valence-electron chi connectivity index (χ2n) is 9.49. The van der Waals surface area contributed by atoms with Gasteiger partial charge in [-0.15, -0.1) is 0 Å². The van der Waals surface area contributed by atoms with Gasteiger partial charge >= 0.3 is 0 Å². The number of amides is 2. The van der Waals surface area contributed by atoms with E-state index in [4.69, 9.17) is 14.2 Å². The highest BCUT2D eigenvalue weighted by Crippen LogP contribution is 2.21. The van der Waals surface area contributed by atoms with E-state index in [1.807, 2.05) is 54.6 Å². The predicted octanol–water partition coefficient (Wildman–Crippen LogP) is 2.83. The van der Waals surface area contributed by atoms with Crippen molar-refractivity contribution in [2.75, 3.05) is 40.0 Å². The number of para-hydroxylation sites is 1. The molecule has 0 bridgehead atoms. The minimum Gasteiger partial charge on any atom is -0.496 e. The van der Waals surface area contributed by atoms with E-state index in [1.165, 1.54) is 33.5 Å². The van der Waals surface area contributed by atoms with Crippen molar-refractivity contribution in [2.24, 2.45) is 0 Å². The minimum absolute atomic E-state index is 0.143. The molecule has 0 saturated carbocycles. The van der Waals surface area contributed by atoms with Crippen LogP contribution in [0.25, 0.3) is 0 Å². The van der Waals surface area contributed by atoms with E-state index in [-0.39, 0.29) is 36.4 Å². The minimum atomic E-state index is -3.64. The van der Waals surface area contributed by atoms with Crippen LogP contribution in [0.5, 0.6) is 11.5 Å². The Hall–Kier alpha value is -3.93. The van der Waals surface area contributed by atoms with E-state index < -0.39 is 16.1 Å². The Bertz CT molecular complexity index is 1410. The number of rotatable bonds is 12. The highest BCUT2D eigenvalue weighted by atomic mass is 32.2. The third-order valence-electron chi connectivity index (χ3n) is 6.80. The molecule has 10 nitrogen and oxygen atoms in total. The second-order valence-corrected chi connectivity index (χ2v) is 11.4. The third kappa shape index (κ3) is 7.84. The molecule has 1 aliphatic heterocycles. The standard InChI is InChI=1S/C30H35N3O7S/c1-23(30(35)31-20-25-10-6-7-11-28(25)38-2)33(21-24-8-4-3-5-9-24)29(34)22-40-26-12-14-27(15-13-26)41(36,37)32-16-18-39-19-17-32/h3-15,23H,16-22H2,1-2H3,(H,31,35)/t23-/m0/s1. The molecule has 0 aromatic heterocycles. The first-order chi connectivity index (χ1) is 19.8. The summed E-state index contributed by atoms with van der Waals surface area (Å²) >= 11 is 0. The molecule has 1 aliphatic rings. The Kier molecular flexibility index (Phi) is 10.3. The molecule has 1 fully saturated rings. The van der Waals surface area contributed by atoms with Gasteiger partial charge in [0.1, 0.15) is 17.5 Å². The SMILES string of the molecule is COc1ccccc1CNC(=O)[C@H](C)N(Cc1ccccc1)C(=O)COc1ccc(S(=O)(=O)N2CCOCC2)cc1. The van der Waals surface area contributed by atoms with E-state index in [1.54, 1.807) is 14.0 Å². The smallest absolute Gasteiger partial charge is 0.261 e. The van der Waals surface area contributed by atoms with Crippen molar-refractivity contribution >= 4 is 21.8 Å². The number of ether oxygens (including phenoxy) is 3. The van der Waals surface area contributed by atoms with Crippen LogP contribution in [-0.4, -0.2) is 75.5 Å². The summed E-state index contributed by atoms with van der Waals surface area (Å²) in [7, 11) is -2.07. The van der Waals surface area contributed by atoms with Gasteiger partial charge in [-0.25, -0.2) is 8.42 Å². The van der Waals surface area contributed by atoms with Crippen molar-refractivity contribution in [3.8, 4) is 11.5 Å². The maximum absolute atomic E-state index is 13.4. The molecule has 0 spiro atoms. The first-order valence-corrected chi connectivity index (χ1v) is 14.8. The first kappa shape index (κ1) is 30.0. The van der Waals surface area contributed by atoms with Crippen LogP contribution in [0.1, 0.15) is 18.1 Å². The van der Waals surface area contributed by atoms with Crippen LogP contribution in [0.15, 0.2) is 83.8 Å². The van der Waals surface area contributed by atoms with Crippen molar-refractivity contribution in [1.82, 2.24) is 14.5 Å². The monoisotopic (exact) mass is 581 g/mol. The Morgan fingerprint density at radius 1 is 0.976 bits per heavy atom. The summed E-state index contributed by atoms with van der Waals surface area (Å²) < 4.78 is 43.5. The van der Waals surface area contributed by atoms with Gasteiger partial charge in [0.25, 0.3) is 5.91 Å². The van der Waals surface area contributed by atoms with Gasteiger partial charge in [-0.1, -0.05) is 48.5 Å². The molecule has 1 atom stereocenters. The number of sulfonamides is 1. The molecule has 41 heavy (non-hydrogen) atoms. The molecule has 1 N–H and O–H groups in total. The summed E-state index contributed by atoms with van der Waals surface area (Å²) in [5.74, 6) is 0.290. The number of nitrogens with one attached hydrogen (secondary N) is 1. The number of carbonyl (C=O) groups is 2. The maximum atomic E-state index is 13.4. The Labute approximate surface area is 240 Å². The van der Waals surface area contributed by atoms with Crippen LogP contribution in [0.2, 0.25) is 0 Å². The number of methoxy groups -OCH3 is 1. The third-order valence-corrected chi connectivity index (χ3v) is 8.72. The molecule has 1 saturated heterocycles. The zero-order chi connectivity index (χ0) is 29.2. The molecule has 0 unspecified atom stereocenters. The Morgan fingerprint density at radius 2 is 1.63 bits per heavy atom. The van der Waals surface area contributed by atoms with Gasteiger partial charge in [0.2, 0.25) is 15.9 Å². The molecule has 3 aromatic carbocycles. The molecule has 4 rings (SSSR count). The lowest BCUT2D eigenvalue weighted by Crippen LogP contribution is -2.48. The van der Waals surface area contributed by atoms with Crippen LogP contribution in [0, 0.1) is 0 Å². The topological polar surface area (TPSA) is 114 Å². The quantitative estimate of drug-likeness (QED) is 0.350. The fourth-order valence-electron chi connectivity index (χ4n) is 4.41. The summed E-state index contributed by atoms with van der Waals surface area (Å²) in [6.07, 6.45) is 0. The number of carbonyl (C=O) groups excluding carboxylic acids is 2. The van der Waals surface area contributed by atoms with Crippen molar-refractivity contribution in [3.05, 3.63) is 90.0 Å². The zero-order valence-electron chi connectivity index (χ0n) is 23.2. The lowest BCUT2D eigenvalue weighted by Gasteiger charge is -2.29. The van der Waals surface area contributed by atoms with E-state index in [9.17, 15) is 18.0 Å². The van der Waals surface area contributed by atoms with E-state index >= 15 is 0 Å². The van der Waals surface area contributed by atoms with Crippen LogP contribution in [-0.2, 0) is 37.4 Å². The van der Waals surface area contributed by atoms with Gasteiger partial charge < -0.3 is 24.4 Å². The molecule has 2 amide bonds. The maximum Gasteiger partial charge on any atom is 0.261 e. The first-order valence-electron chi connectivity index (χ1n) is 13.3. The molecule has 0 aliphatic carbocycles. The summed E-state index contributed by atoms with van der Waals surface area (Å²) in [4.78, 5) is 28.1. The van der Waals surface area contributed by atoms with Crippen molar-refractivity contribution in [2.45, 2.75) is 31.0 Å². The van der Waals surface area contributed by atoms with Crippen LogP contribution in [0.3, 0.4) is 0 Å². The van der Waals surface area contributed by atoms with Crippen LogP contribution >= 0.6 is 0 Å². The lowest BCUT2D eigenvalue weighted by atomic mass is 10.1. The molecular formula is C30H35N3O7S. The van der Waals surface area contributed by atoms with Crippen molar-refractivity contribution in [3.63, 3.8) is 0 Å². The fraction of sp³-hybridized carbons (Fsp3) is 0.333. The number of hydrogen-bond acceptors (Lipinski definition) is 7. The molecular weight excluding hydrogens is 546 g/mol. The van der Waals surface area contributed by atoms with Crippen molar-refractivity contribution in [1.29, 1.82) is 0 Å². The molecule has 1 heterocycles. The lowest BCUT2D eigenvalue weighted by molar-refractivity contribution is -0.142. The van der Waals surface area contributed by atoms with Gasteiger partial charge in [-0.05, 0) is 42.8 Å². The summed E-state index contributed by atoms with van der Waals surface area (Å²) in [6.45, 7) is 3.13. The highest BCUT2D eigenvalue weighted by molar-refractivity contribution is 7.89. The molecule has 218 valence electrons. The second kappa shape index (κ2) is 14.1. The molecule has 0 radical (unpaired) electrons. The average Bonchev–Trinajstić information content (AvgIpc) is 3.02. The fourth-order valence-corrected chi connectivity index (χ4v) is 5.82. The summed E-state index contributed by atoms with van der Waals surface area (Å²) in [6, 6.07) is 21.9. The van der Waals surface area contributed by atoms with E-state index in [0.717, 1.165) is 11.1 Å². The molecule has 3 aromatic rings. The van der Waals surface area contributed by atoms with Crippen LogP contribution in [0.4, 0.5) is 0 Å². The average molecular weight is 582 g/mol. The number of benzene rings is 3. The number of hydrogen-bond donors (Lipinski definition) is 1. The molecule has 11 heteroatoms. The summed E-state index contributed by atoms with van der Waals surface area (Å²) in [5.41, 5.74) is 1.68. The van der Waals surface area contributed by atoms with Crippen LogP contribution < -0.4 is 14.8 Å². The number of nitrogens with zero attached hydrogens (tertiary/aromatic N) is 2. The van der Waals surface area contributed by atoms with Gasteiger partial charge in [-0.3, -0.25) is 9.59 Å². The summed E-state index contributed by atoms with van der Waals surface area (Å²) in [5, 5.41) is 2.89. The highest BCUT2D eigenvalue weighted by Gasteiger charge is 2.28. The van der Waals surface area contributed by atoms with Gasteiger partial charge in [-0.2, -0.15) is 4.31 Å². The predicted molar refractivity (Wildman–Crippen MR) is 153 cm³/mol. The van der Waals surface area contributed by atoms with E-state index in [0.29, 0.717) is 37.8 Å². The number of morpholine rings is 1. The van der Waals surface area contributed by atoms with E-state index in [2.05, 4.69) is 5.32 Å².